The first-order valence-electron chi connectivity index (χ1n) is 7.09. The number of carbonyl (C=O) groups excluding carboxylic acids is 2. The molecule has 2 N–H and O–H groups in total. The lowest BCUT2D eigenvalue weighted by molar-refractivity contribution is -0.123. The van der Waals surface area contributed by atoms with E-state index in [1.54, 1.807) is 22.4 Å². The highest BCUT2D eigenvalue weighted by molar-refractivity contribution is 7.88. The zero-order valence-corrected chi connectivity index (χ0v) is 15.0. The molecule has 1 aromatic heterocycles. The van der Waals surface area contributed by atoms with Crippen molar-refractivity contribution in [3.8, 4) is 0 Å². The van der Waals surface area contributed by atoms with E-state index in [9.17, 15) is 18.0 Å². The molecule has 8 nitrogen and oxygen atoms in total. The topological polar surface area (TPSA) is 110 Å². The van der Waals surface area contributed by atoms with Gasteiger partial charge in [-0.25, -0.2) is 14.3 Å². The number of rotatable bonds is 6. The second-order valence-electron chi connectivity index (χ2n) is 5.32. The number of hydrogen-bond donors (Lipinski definition) is 1. The minimum atomic E-state index is -3.84. The van der Waals surface area contributed by atoms with Gasteiger partial charge in [0.05, 0.1) is 17.7 Å². The third-order valence-electron chi connectivity index (χ3n) is 3.58. The smallest absolute Gasteiger partial charge is 0.279 e. The van der Waals surface area contributed by atoms with Crippen molar-refractivity contribution < 1.29 is 22.7 Å². The number of nitrogens with two attached hydrogens (primary N) is 1. The average molecular weight is 373 g/mol. The number of ketones is 1. The van der Waals surface area contributed by atoms with E-state index in [-0.39, 0.29) is 28.5 Å². The molecule has 1 aromatic rings. The predicted molar refractivity (Wildman–Crippen MR) is 89.3 cm³/mol. The van der Waals surface area contributed by atoms with E-state index in [2.05, 4.69) is 0 Å². The van der Waals surface area contributed by atoms with Crippen LogP contribution in [-0.4, -0.2) is 55.6 Å². The Morgan fingerprint density at radius 1 is 1.50 bits per heavy atom. The quantitative estimate of drug-likeness (QED) is 0.335. The van der Waals surface area contributed by atoms with Crippen molar-refractivity contribution >= 4 is 33.1 Å². The molecule has 10 heteroatoms. The summed E-state index contributed by atoms with van der Waals surface area (Å²) >= 11 is 1.33. The molecule has 0 fully saturated rings. The first kappa shape index (κ1) is 18.6. The van der Waals surface area contributed by atoms with Crippen molar-refractivity contribution in [3.63, 3.8) is 0 Å². The van der Waals surface area contributed by atoms with Gasteiger partial charge in [-0.15, -0.1) is 11.3 Å². The lowest BCUT2D eigenvalue weighted by Gasteiger charge is -2.33. The largest absolute Gasteiger partial charge is 0.362 e. The SMILES string of the molecule is COC1CCC(C(=O)N(N)S(C)(=O)=O)=CN1CC(=O)c1cccs1. The molecule has 132 valence electrons. The van der Waals surface area contributed by atoms with Crippen LogP contribution >= 0.6 is 11.3 Å². The maximum Gasteiger partial charge on any atom is 0.279 e. The molecule has 0 radical (unpaired) electrons. The first-order valence-corrected chi connectivity index (χ1v) is 9.82. The lowest BCUT2D eigenvalue weighted by atomic mass is 10.1. The van der Waals surface area contributed by atoms with Crippen LogP contribution in [0.1, 0.15) is 22.5 Å². The van der Waals surface area contributed by atoms with Crippen molar-refractivity contribution in [2.24, 2.45) is 5.84 Å². The molecule has 1 amide bonds. The van der Waals surface area contributed by atoms with Crippen molar-refractivity contribution in [2.75, 3.05) is 19.9 Å². The second-order valence-corrected chi connectivity index (χ2v) is 8.13. The fraction of sp³-hybridized carbons (Fsp3) is 0.429. The Labute approximate surface area is 144 Å². The highest BCUT2D eigenvalue weighted by atomic mass is 32.2. The Morgan fingerprint density at radius 2 is 2.21 bits per heavy atom. The number of hydrogen-bond acceptors (Lipinski definition) is 8. The van der Waals surface area contributed by atoms with E-state index in [1.807, 2.05) is 0 Å². The van der Waals surface area contributed by atoms with Crippen LogP contribution in [-0.2, 0) is 19.6 Å². The summed E-state index contributed by atoms with van der Waals surface area (Å²) in [6.45, 7) is 0.0270. The fourth-order valence-electron chi connectivity index (χ4n) is 2.33. The van der Waals surface area contributed by atoms with Crippen molar-refractivity contribution in [2.45, 2.75) is 19.1 Å². The molecule has 1 atom stereocenters. The molecular weight excluding hydrogens is 354 g/mol. The number of amides is 1. The Morgan fingerprint density at radius 3 is 2.75 bits per heavy atom. The van der Waals surface area contributed by atoms with Crippen LogP contribution in [0.5, 0.6) is 0 Å². The van der Waals surface area contributed by atoms with Crippen molar-refractivity contribution in [1.29, 1.82) is 0 Å². The standard InChI is InChI=1S/C14H19N3O5S2/c1-22-13-6-5-10(14(19)17(15)24(2,20)21)8-16(13)9-11(18)12-4-3-7-23-12/h3-4,7-8,13H,5-6,9,15H2,1-2H3. The maximum atomic E-state index is 12.3. The Hall–Kier alpha value is -1.75. The first-order chi connectivity index (χ1) is 11.2. The van der Waals surface area contributed by atoms with Crippen LogP contribution in [0, 0.1) is 0 Å². The molecule has 24 heavy (non-hydrogen) atoms. The normalized spacial score (nSPS) is 18.2. The fourth-order valence-corrected chi connectivity index (χ4v) is 3.40. The second kappa shape index (κ2) is 7.43. The van der Waals surface area contributed by atoms with Gasteiger partial charge in [0.25, 0.3) is 5.91 Å². The third-order valence-corrected chi connectivity index (χ3v) is 5.37. The van der Waals surface area contributed by atoms with Crippen LogP contribution in [0.25, 0.3) is 0 Å². The molecule has 2 rings (SSSR count). The Kier molecular flexibility index (Phi) is 5.75. The summed E-state index contributed by atoms with van der Waals surface area (Å²) in [5.41, 5.74) is 0.218. The van der Waals surface area contributed by atoms with Crippen LogP contribution in [0.3, 0.4) is 0 Å². The van der Waals surface area contributed by atoms with Crippen molar-refractivity contribution in [1.82, 2.24) is 9.31 Å². The maximum absolute atomic E-state index is 12.3. The predicted octanol–water partition coefficient (Wildman–Crippen LogP) is 0.545. The van der Waals surface area contributed by atoms with Gasteiger partial charge in [-0.3, -0.25) is 9.59 Å². The van der Waals surface area contributed by atoms with Crippen LogP contribution < -0.4 is 5.84 Å². The molecule has 0 saturated carbocycles. The molecule has 0 aliphatic carbocycles. The average Bonchev–Trinajstić information content (AvgIpc) is 3.07. The summed E-state index contributed by atoms with van der Waals surface area (Å²) in [4.78, 5) is 26.7. The summed E-state index contributed by atoms with van der Waals surface area (Å²) in [7, 11) is -2.33. The number of Topliss-reactive ketones (excluding diaryl/α,β-unsaturated/α-hetero) is 1. The Bertz CT molecular complexity index is 742. The molecule has 1 unspecified atom stereocenters. The van der Waals surface area contributed by atoms with Gasteiger partial charge in [-0.1, -0.05) is 6.07 Å². The van der Waals surface area contributed by atoms with E-state index in [4.69, 9.17) is 10.6 Å². The number of methoxy groups -OCH3 is 1. The molecule has 2 heterocycles. The van der Waals surface area contributed by atoms with Gasteiger partial charge in [0.15, 0.2) is 5.78 Å². The van der Waals surface area contributed by atoms with E-state index in [0.29, 0.717) is 17.7 Å². The third kappa shape index (κ3) is 4.20. The van der Waals surface area contributed by atoms with Gasteiger partial charge in [0.2, 0.25) is 10.0 Å². The van der Waals surface area contributed by atoms with Gasteiger partial charge in [-0.2, -0.15) is 4.41 Å². The van der Waals surface area contributed by atoms with E-state index in [1.165, 1.54) is 24.6 Å². The molecule has 0 spiro atoms. The van der Waals surface area contributed by atoms with Crippen LogP contribution in [0.15, 0.2) is 29.3 Å². The number of ether oxygens (including phenoxy) is 1. The minimum absolute atomic E-state index is 0.0270. The highest BCUT2D eigenvalue weighted by Gasteiger charge is 2.30. The summed E-state index contributed by atoms with van der Waals surface area (Å²) in [5, 5.41) is 1.81. The van der Waals surface area contributed by atoms with E-state index < -0.39 is 15.9 Å². The molecule has 0 saturated heterocycles. The molecule has 0 bridgehead atoms. The van der Waals surface area contributed by atoms with Gasteiger partial charge < -0.3 is 9.64 Å². The Balaban J connectivity index is 2.20. The summed E-state index contributed by atoms with van der Waals surface area (Å²) in [5.74, 6) is 4.44. The molecule has 1 aliphatic rings. The van der Waals surface area contributed by atoms with Gasteiger partial charge in [-0.05, 0) is 24.3 Å². The summed E-state index contributed by atoms with van der Waals surface area (Å²) in [6, 6.07) is 3.50. The summed E-state index contributed by atoms with van der Waals surface area (Å²) < 4.78 is 28.4. The number of hydrazine groups is 1. The van der Waals surface area contributed by atoms with Crippen LogP contribution in [0.4, 0.5) is 0 Å². The summed E-state index contributed by atoms with van der Waals surface area (Å²) in [6.07, 6.45) is 2.70. The molecule has 0 aromatic carbocycles. The number of nitrogens with zero attached hydrogens (tertiary/aromatic N) is 2. The number of thiophene rings is 1. The molecule has 1 aliphatic heterocycles. The van der Waals surface area contributed by atoms with Gasteiger partial charge in [0.1, 0.15) is 6.23 Å². The van der Waals surface area contributed by atoms with Gasteiger partial charge in [0, 0.05) is 18.9 Å². The van der Waals surface area contributed by atoms with E-state index in [0.717, 1.165) is 6.26 Å². The van der Waals surface area contributed by atoms with Crippen LogP contribution in [0.2, 0.25) is 0 Å². The highest BCUT2D eigenvalue weighted by Crippen LogP contribution is 2.23. The number of sulfonamides is 1. The van der Waals surface area contributed by atoms with E-state index >= 15 is 0 Å². The number of carbonyl (C=O) groups is 2. The zero-order chi connectivity index (χ0) is 17.9. The minimum Gasteiger partial charge on any atom is -0.362 e. The lowest BCUT2D eigenvalue weighted by Crippen LogP contribution is -2.45. The monoisotopic (exact) mass is 373 g/mol. The van der Waals surface area contributed by atoms with Gasteiger partial charge >= 0.3 is 0 Å². The van der Waals surface area contributed by atoms with Crippen molar-refractivity contribution in [3.05, 3.63) is 34.2 Å². The zero-order valence-electron chi connectivity index (χ0n) is 13.3. The molecular formula is C14H19N3O5S2.